The smallest absolute Gasteiger partial charge is 0.315 e. The predicted molar refractivity (Wildman–Crippen MR) is 107 cm³/mol. The number of anilines is 1. The Morgan fingerprint density at radius 2 is 1.81 bits per heavy atom. The van der Waals surface area contributed by atoms with Gasteiger partial charge in [-0.05, 0) is 37.4 Å². The van der Waals surface area contributed by atoms with Gasteiger partial charge < -0.3 is 20.3 Å². The SMILES string of the molecule is O=C(NCCCN1CCOCC1)NCc1ccc(N2CCCCCC2)nc1. The summed E-state index contributed by atoms with van der Waals surface area (Å²) in [5.41, 5.74) is 1.03. The fourth-order valence-electron chi connectivity index (χ4n) is 3.58. The van der Waals surface area contributed by atoms with Gasteiger partial charge in [-0.2, -0.15) is 0 Å². The van der Waals surface area contributed by atoms with E-state index in [1.54, 1.807) is 0 Å². The van der Waals surface area contributed by atoms with E-state index >= 15 is 0 Å². The lowest BCUT2D eigenvalue weighted by atomic mass is 10.2. The highest BCUT2D eigenvalue weighted by atomic mass is 16.5. The third-order valence-corrected chi connectivity index (χ3v) is 5.23. The fraction of sp³-hybridized carbons (Fsp3) is 0.700. The lowest BCUT2D eigenvalue weighted by Crippen LogP contribution is -2.39. The molecule has 1 aromatic rings. The maximum Gasteiger partial charge on any atom is 0.315 e. The number of nitrogens with zero attached hydrogens (tertiary/aromatic N) is 3. The van der Waals surface area contributed by atoms with Crippen molar-refractivity contribution >= 4 is 11.8 Å². The second kappa shape index (κ2) is 11.1. The Bertz CT molecular complexity index is 552. The third-order valence-electron chi connectivity index (χ3n) is 5.23. The lowest BCUT2D eigenvalue weighted by molar-refractivity contribution is 0.0375. The van der Waals surface area contributed by atoms with Crippen LogP contribution in [-0.2, 0) is 11.3 Å². The normalized spacial score (nSPS) is 18.7. The number of rotatable bonds is 7. The van der Waals surface area contributed by atoms with Crippen molar-refractivity contribution in [3.05, 3.63) is 23.9 Å². The molecule has 1 aromatic heterocycles. The molecule has 7 nitrogen and oxygen atoms in total. The van der Waals surface area contributed by atoms with Crippen LogP contribution in [0.3, 0.4) is 0 Å². The molecule has 0 unspecified atom stereocenters. The van der Waals surface area contributed by atoms with Gasteiger partial charge in [0, 0.05) is 45.5 Å². The van der Waals surface area contributed by atoms with Gasteiger partial charge in [-0.3, -0.25) is 4.90 Å². The first kappa shape index (κ1) is 19.9. The number of hydrogen-bond donors (Lipinski definition) is 2. The van der Waals surface area contributed by atoms with Crippen LogP contribution in [0.5, 0.6) is 0 Å². The van der Waals surface area contributed by atoms with Crippen LogP contribution in [0.1, 0.15) is 37.7 Å². The first-order chi connectivity index (χ1) is 13.3. The number of hydrogen-bond acceptors (Lipinski definition) is 5. The summed E-state index contributed by atoms with van der Waals surface area (Å²) >= 11 is 0. The molecular formula is C20H33N5O2. The quantitative estimate of drug-likeness (QED) is 0.713. The van der Waals surface area contributed by atoms with Crippen molar-refractivity contribution in [1.29, 1.82) is 0 Å². The maximum atomic E-state index is 11.9. The Morgan fingerprint density at radius 1 is 1.04 bits per heavy atom. The molecule has 0 saturated carbocycles. The molecular weight excluding hydrogens is 342 g/mol. The average Bonchev–Trinajstić information content (AvgIpc) is 3.00. The Kier molecular flexibility index (Phi) is 8.17. The second-order valence-electron chi connectivity index (χ2n) is 7.34. The third kappa shape index (κ3) is 6.99. The van der Waals surface area contributed by atoms with Crippen LogP contribution in [0.2, 0.25) is 0 Å². The largest absolute Gasteiger partial charge is 0.379 e. The van der Waals surface area contributed by atoms with E-state index in [4.69, 9.17) is 4.74 Å². The summed E-state index contributed by atoms with van der Waals surface area (Å²) in [5, 5.41) is 5.84. The molecule has 0 aromatic carbocycles. The molecule has 2 fully saturated rings. The van der Waals surface area contributed by atoms with Crippen molar-refractivity contribution in [2.45, 2.75) is 38.6 Å². The molecule has 2 aliphatic heterocycles. The van der Waals surface area contributed by atoms with E-state index in [2.05, 4.69) is 37.6 Å². The standard InChI is InChI=1S/C20H33N5O2/c26-20(21-8-5-9-24-12-14-27-15-13-24)23-17-18-6-7-19(22-16-18)25-10-3-1-2-4-11-25/h6-7,16H,1-5,8-15,17H2,(H2,21,23,26). The number of aromatic nitrogens is 1. The molecule has 2 aliphatic rings. The van der Waals surface area contributed by atoms with E-state index in [1.807, 2.05) is 6.20 Å². The van der Waals surface area contributed by atoms with Crippen LogP contribution in [0.15, 0.2) is 18.3 Å². The molecule has 0 radical (unpaired) electrons. The zero-order valence-electron chi connectivity index (χ0n) is 16.3. The van der Waals surface area contributed by atoms with E-state index in [1.165, 1.54) is 25.7 Å². The van der Waals surface area contributed by atoms with Gasteiger partial charge in [-0.15, -0.1) is 0 Å². The number of urea groups is 1. The highest BCUT2D eigenvalue weighted by Crippen LogP contribution is 2.17. The summed E-state index contributed by atoms with van der Waals surface area (Å²) < 4.78 is 5.34. The number of amides is 2. The van der Waals surface area contributed by atoms with E-state index in [0.717, 1.165) is 63.7 Å². The molecule has 0 atom stereocenters. The summed E-state index contributed by atoms with van der Waals surface area (Å²) in [7, 11) is 0. The van der Waals surface area contributed by atoms with Gasteiger partial charge in [0.25, 0.3) is 0 Å². The summed E-state index contributed by atoms with van der Waals surface area (Å²) in [6.07, 6.45) is 7.96. The van der Waals surface area contributed by atoms with Crippen molar-refractivity contribution in [2.75, 3.05) is 57.4 Å². The van der Waals surface area contributed by atoms with E-state index in [0.29, 0.717) is 13.1 Å². The molecule has 2 N–H and O–H groups in total. The summed E-state index contributed by atoms with van der Waals surface area (Å²) in [6.45, 7) is 8.01. The minimum atomic E-state index is -0.117. The summed E-state index contributed by atoms with van der Waals surface area (Å²) in [4.78, 5) is 21.3. The monoisotopic (exact) mass is 375 g/mol. The highest BCUT2D eigenvalue weighted by molar-refractivity contribution is 5.73. The zero-order chi connectivity index (χ0) is 18.7. The summed E-state index contributed by atoms with van der Waals surface area (Å²) in [5.74, 6) is 1.05. The van der Waals surface area contributed by atoms with Gasteiger partial charge in [0.2, 0.25) is 0 Å². The molecule has 27 heavy (non-hydrogen) atoms. The molecule has 3 rings (SSSR count). The molecule has 3 heterocycles. The molecule has 0 bridgehead atoms. The van der Waals surface area contributed by atoms with Crippen molar-refractivity contribution < 1.29 is 9.53 Å². The van der Waals surface area contributed by atoms with Crippen LogP contribution >= 0.6 is 0 Å². The number of ether oxygens (including phenoxy) is 1. The van der Waals surface area contributed by atoms with Crippen LogP contribution in [0, 0.1) is 0 Å². The Morgan fingerprint density at radius 3 is 2.52 bits per heavy atom. The number of morpholine rings is 1. The van der Waals surface area contributed by atoms with Crippen molar-refractivity contribution in [3.8, 4) is 0 Å². The molecule has 0 aliphatic carbocycles. The topological polar surface area (TPSA) is 69.7 Å². The van der Waals surface area contributed by atoms with Crippen LogP contribution < -0.4 is 15.5 Å². The number of pyridine rings is 1. The molecule has 150 valence electrons. The van der Waals surface area contributed by atoms with Gasteiger partial charge in [0.05, 0.1) is 13.2 Å². The van der Waals surface area contributed by atoms with Gasteiger partial charge in [0.1, 0.15) is 5.82 Å². The van der Waals surface area contributed by atoms with Crippen molar-refractivity contribution in [1.82, 2.24) is 20.5 Å². The van der Waals surface area contributed by atoms with Gasteiger partial charge in [-0.25, -0.2) is 9.78 Å². The number of carbonyl (C=O) groups excluding carboxylic acids is 1. The average molecular weight is 376 g/mol. The lowest BCUT2D eigenvalue weighted by Gasteiger charge is -2.26. The predicted octanol–water partition coefficient (Wildman–Crippen LogP) is 1.98. The van der Waals surface area contributed by atoms with Crippen LogP contribution in [0.25, 0.3) is 0 Å². The van der Waals surface area contributed by atoms with Crippen molar-refractivity contribution in [3.63, 3.8) is 0 Å². The summed E-state index contributed by atoms with van der Waals surface area (Å²) in [6, 6.07) is 4.02. The zero-order valence-corrected chi connectivity index (χ0v) is 16.3. The van der Waals surface area contributed by atoms with Crippen LogP contribution in [-0.4, -0.2) is 68.4 Å². The number of nitrogens with one attached hydrogen (secondary N) is 2. The highest BCUT2D eigenvalue weighted by Gasteiger charge is 2.11. The second-order valence-corrected chi connectivity index (χ2v) is 7.34. The maximum absolute atomic E-state index is 11.9. The molecule has 0 spiro atoms. The Labute approximate surface area is 162 Å². The molecule has 2 saturated heterocycles. The van der Waals surface area contributed by atoms with E-state index < -0.39 is 0 Å². The Hall–Kier alpha value is -1.86. The first-order valence-corrected chi connectivity index (χ1v) is 10.3. The Balaban J connectivity index is 1.31. The number of carbonyl (C=O) groups is 1. The van der Waals surface area contributed by atoms with Gasteiger partial charge in [0.15, 0.2) is 0 Å². The van der Waals surface area contributed by atoms with E-state index in [9.17, 15) is 4.79 Å². The molecule has 2 amide bonds. The van der Waals surface area contributed by atoms with E-state index in [-0.39, 0.29) is 6.03 Å². The fourth-order valence-corrected chi connectivity index (χ4v) is 3.58. The minimum absolute atomic E-state index is 0.117. The molecule has 7 heteroatoms. The van der Waals surface area contributed by atoms with Crippen molar-refractivity contribution in [2.24, 2.45) is 0 Å². The first-order valence-electron chi connectivity index (χ1n) is 10.3. The van der Waals surface area contributed by atoms with Gasteiger partial charge in [-0.1, -0.05) is 18.9 Å². The minimum Gasteiger partial charge on any atom is -0.379 e. The van der Waals surface area contributed by atoms with Gasteiger partial charge >= 0.3 is 6.03 Å². The van der Waals surface area contributed by atoms with Crippen LogP contribution in [0.4, 0.5) is 10.6 Å².